The van der Waals surface area contributed by atoms with Gasteiger partial charge in [0.2, 0.25) is 5.91 Å². The third-order valence-electron chi connectivity index (χ3n) is 4.32. The van der Waals surface area contributed by atoms with Gasteiger partial charge in [0.1, 0.15) is 5.75 Å². The van der Waals surface area contributed by atoms with Gasteiger partial charge in [0.15, 0.2) is 0 Å². The van der Waals surface area contributed by atoms with E-state index in [2.05, 4.69) is 31.3 Å². The largest absolute Gasteiger partial charge is 0.494 e. The first-order valence-corrected chi connectivity index (χ1v) is 9.16. The minimum atomic E-state index is 0.00665. The van der Waals surface area contributed by atoms with E-state index in [0.717, 1.165) is 28.4 Å². The molecule has 3 nitrogen and oxygen atoms in total. The van der Waals surface area contributed by atoms with Crippen molar-refractivity contribution in [3.8, 4) is 5.75 Å². The van der Waals surface area contributed by atoms with Crippen molar-refractivity contribution in [3.05, 3.63) is 58.6 Å². The lowest BCUT2D eigenvalue weighted by atomic mass is 9.99. The van der Waals surface area contributed by atoms with E-state index in [0.29, 0.717) is 25.4 Å². The molecule has 2 aromatic rings. The summed E-state index contributed by atoms with van der Waals surface area (Å²) in [5.74, 6) is 1.33. The number of benzene rings is 2. The van der Waals surface area contributed by atoms with Gasteiger partial charge in [-0.05, 0) is 67.1 Å². The van der Waals surface area contributed by atoms with E-state index < -0.39 is 0 Å². The highest BCUT2D eigenvalue weighted by Gasteiger charge is 2.06. The fourth-order valence-electron chi connectivity index (χ4n) is 2.48. The molecule has 2 rings (SSSR count). The summed E-state index contributed by atoms with van der Waals surface area (Å²) < 4.78 is 5.66. The number of rotatable bonds is 8. The third-order valence-corrected chi connectivity index (χ3v) is 4.75. The smallest absolute Gasteiger partial charge is 0.224 e. The summed E-state index contributed by atoms with van der Waals surface area (Å²) in [5, 5.41) is 3.66. The average Bonchev–Trinajstić information content (AvgIpc) is 2.61. The molecule has 1 amide bonds. The Hall–Kier alpha value is -2.00. The van der Waals surface area contributed by atoms with Gasteiger partial charge in [-0.15, -0.1) is 0 Å². The van der Waals surface area contributed by atoms with Gasteiger partial charge in [0, 0.05) is 17.1 Å². The molecule has 1 atom stereocenters. The maximum absolute atomic E-state index is 12.0. The van der Waals surface area contributed by atoms with Gasteiger partial charge in [0.25, 0.3) is 0 Å². The molecule has 0 heterocycles. The lowest BCUT2D eigenvalue weighted by Gasteiger charge is -2.11. The second-order valence-electron chi connectivity index (χ2n) is 6.34. The molecule has 0 unspecified atom stereocenters. The normalized spacial score (nSPS) is 11.8. The molecule has 0 aromatic heterocycles. The Labute approximate surface area is 155 Å². The van der Waals surface area contributed by atoms with Crippen LogP contribution in [0.15, 0.2) is 42.5 Å². The molecule has 0 saturated carbocycles. The Morgan fingerprint density at radius 1 is 1.20 bits per heavy atom. The number of nitrogens with one attached hydrogen (secondary N) is 1. The highest BCUT2D eigenvalue weighted by Crippen LogP contribution is 2.22. The topological polar surface area (TPSA) is 38.3 Å². The Morgan fingerprint density at radius 2 is 1.92 bits per heavy atom. The lowest BCUT2D eigenvalue weighted by Crippen LogP contribution is -2.12. The van der Waals surface area contributed by atoms with Crippen LogP contribution in [0.5, 0.6) is 5.75 Å². The number of anilines is 1. The first-order chi connectivity index (χ1) is 12.0. The van der Waals surface area contributed by atoms with Gasteiger partial charge in [-0.25, -0.2) is 0 Å². The summed E-state index contributed by atoms with van der Waals surface area (Å²) in [5.41, 5.74) is 3.12. The molecule has 134 valence electrons. The maximum atomic E-state index is 12.0. The number of ether oxygens (including phenoxy) is 1. The van der Waals surface area contributed by atoms with Crippen LogP contribution in [-0.2, 0) is 4.79 Å². The molecule has 0 fully saturated rings. The van der Waals surface area contributed by atoms with Crippen LogP contribution in [0.1, 0.15) is 50.2 Å². The minimum Gasteiger partial charge on any atom is -0.494 e. The van der Waals surface area contributed by atoms with Gasteiger partial charge >= 0.3 is 0 Å². The Morgan fingerprint density at radius 3 is 2.56 bits per heavy atom. The first kappa shape index (κ1) is 19.3. The molecule has 25 heavy (non-hydrogen) atoms. The lowest BCUT2D eigenvalue weighted by molar-refractivity contribution is -0.116. The second kappa shape index (κ2) is 9.47. The van der Waals surface area contributed by atoms with Crippen LogP contribution in [0.25, 0.3) is 0 Å². The van der Waals surface area contributed by atoms with Crippen LogP contribution in [0, 0.1) is 6.92 Å². The maximum Gasteiger partial charge on any atom is 0.224 e. The van der Waals surface area contributed by atoms with Crippen LogP contribution in [0.3, 0.4) is 0 Å². The Balaban J connectivity index is 1.72. The summed E-state index contributed by atoms with van der Waals surface area (Å²) in [6.07, 6.45) is 2.21. The number of carbonyl (C=O) groups is 1. The summed E-state index contributed by atoms with van der Waals surface area (Å²) in [6, 6.07) is 13.7. The summed E-state index contributed by atoms with van der Waals surface area (Å²) in [7, 11) is 0. The molecule has 0 aliphatic carbocycles. The summed E-state index contributed by atoms with van der Waals surface area (Å²) in [6.45, 7) is 6.82. The van der Waals surface area contributed by atoms with Crippen molar-refractivity contribution in [2.24, 2.45) is 0 Å². The molecule has 0 bridgehead atoms. The number of aryl methyl sites for hydroxylation is 1. The molecule has 0 radical (unpaired) electrons. The van der Waals surface area contributed by atoms with E-state index in [-0.39, 0.29) is 5.91 Å². The van der Waals surface area contributed by atoms with Crippen molar-refractivity contribution in [2.75, 3.05) is 11.9 Å². The fraction of sp³-hybridized carbons (Fsp3) is 0.381. The molecular weight excluding hydrogens is 334 g/mol. The SMILES string of the molecule is CC[C@H](C)c1ccc(NC(=O)CCCOc2ccc(Cl)c(C)c2)cc1. The Kier molecular flexibility index (Phi) is 7.32. The Bertz CT molecular complexity index is 698. The minimum absolute atomic E-state index is 0.00665. The van der Waals surface area contributed by atoms with Gasteiger partial charge in [-0.2, -0.15) is 0 Å². The third kappa shape index (κ3) is 6.09. The number of carbonyl (C=O) groups excluding carboxylic acids is 1. The summed E-state index contributed by atoms with van der Waals surface area (Å²) >= 11 is 5.99. The number of amides is 1. The van der Waals surface area contributed by atoms with Crippen molar-refractivity contribution in [1.82, 2.24) is 0 Å². The van der Waals surface area contributed by atoms with Crippen molar-refractivity contribution < 1.29 is 9.53 Å². The number of hydrogen-bond donors (Lipinski definition) is 1. The molecule has 4 heteroatoms. The van der Waals surface area contributed by atoms with E-state index in [1.54, 1.807) is 0 Å². The average molecular weight is 360 g/mol. The van der Waals surface area contributed by atoms with Crippen LogP contribution in [-0.4, -0.2) is 12.5 Å². The summed E-state index contributed by atoms with van der Waals surface area (Å²) in [4.78, 5) is 12.0. The molecule has 0 aliphatic heterocycles. The zero-order valence-electron chi connectivity index (χ0n) is 15.1. The highest BCUT2D eigenvalue weighted by atomic mass is 35.5. The van der Waals surface area contributed by atoms with Crippen LogP contribution in [0.4, 0.5) is 5.69 Å². The predicted molar refractivity (Wildman–Crippen MR) is 105 cm³/mol. The van der Waals surface area contributed by atoms with Crippen LogP contribution < -0.4 is 10.1 Å². The van der Waals surface area contributed by atoms with Crippen molar-refractivity contribution in [1.29, 1.82) is 0 Å². The van der Waals surface area contributed by atoms with Gasteiger partial charge in [-0.3, -0.25) is 4.79 Å². The van der Waals surface area contributed by atoms with Crippen molar-refractivity contribution >= 4 is 23.2 Å². The van der Waals surface area contributed by atoms with Crippen LogP contribution in [0.2, 0.25) is 5.02 Å². The molecule has 0 spiro atoms. The molecule has 0 saturated heterocycles. The standard InChI is InChI=1S/C21H26ClNO2/c1-4-15(2)17-7-9-18(10-8-17)23-21(24)6-5-13-25-19-11-12-20(22)16(3)14-19/h7-12,14-15H,4-6,13H2,1-3H3,(H,23,24)/t15-/m0/s1. The zero-order chi connectivity index (χ0) is 18.2. The quantitative estimate of drug-likeness (QED) is 0.590. The molecule has 1 N–H and O–H groups in total. The zero-order valence-corrected chi connectivity index (χ0v) is 15.9. The van der Waals surface area contributed by atoms with E-state index in [1.807, 2.05) is 37.3 Å². The van der Waals surface area contributed by atoms with Crippen molar-refractivity contribution in [2.45, 2.75) is 46.0 Å². The fourth-order valence-corrected chi connectivity index (χ4v) is 2.60. The molecule has 2 aromatic carbocycles. The van der Waals surface area contributed by atoms with Crippen LogP contribution >= 0.6 is 11.6 Å². The number of halogens is 1. The van der Waals surface area contributed by atoms with E-state index in [4.69, 9.17) is 16.3 Å². The number of hydrogen-bond acceptors (Lipinski definition) is 2. The van der Waals surface area contributed by atoms with Crippen molar-refractivity contribution in [3.63, 3.8) is 0 Å². The highest BCUT2D eigenvalue weighted by molar-refractivity contribution is 6.31. The molecule has 0 aliphatic rings. The monoisotopic (exact) mass is 359 g/mol. The van der Waals surface area contributed by atoms with Gasteiger partial charge < -0.3 is 10.1 Å². The van der Waals surface area contributed by atoms with E-state index in [1.165, 1.54) is 5.56 Å². The van der Waals surface area contributed by atoms with Gasteiger partial charge in [0.05, 0.1) is 6.61 Å². The predicted octanol–water partition coefficient (Wildman–Crippen LogP) is 5.96. The van der Waals surface area contributed by atoms with E-state index in [9.17, 15) is 4.79 Å². The first-order valence-electron chi connectivity index (χ1n) is 8.78. The second-order valence-corrected chi connectivity index (χ2v) is 6.75. The van der Waals surface area contributed by atoms with E-state index >= 15 is 0 Å². The molecular formula is C21H26ClNO2. The van der Waals surface area contributed by atoms with Gasteiger partial charge in [-0.1, -0.05) is 37.6 Å².